The Kier molecular flexibility index (Phi) is 4.84. The Hall–Kier alpha value is -1.43. The van der Waals surface area contributed by atoms with Crippen molar-refractivity contribution in [2.24, 2.45) is 0 Å². The van der Waals surface area contributed by atoms with Crippen molar-refractivity contribution in [1.29, 1.82) is 0 Å². The first-order valence-electron chi connectivity index (χ1n) is 6.27. The zero-order valence-electron chi connectivity index (χ0n) is 11.4. The van der Waals surface area contributed by atoms with Crippen LogP contribution in [-0.4, -0.2) is 59.7 Å². The van der Waals surface area contributed by atoms with Crippen LogP contribution in [0.5, 0.6) is 0 Å². The SMILES string of the molecule is CCN(CC)C(=O)C(C)NC1CC(=O)N(C)C1=O. The second-order valence-electron chi connectivity index (χ2n) is 4.45. The number of nitrogens with zero attached hydrogens (tertiary/aromatic N) is 2. The van der Waals surface area contributed by atoms with Gasteiger partial charge in [0, 0.05) is 20.1 Å². The molecule has 0 saturated carbocycles. The summed E-state index contributed by atoms with van der Waals surface area (Å²) in [7, 11) is 1.46. The molecule has 0 aliphatic carbocycles. The van der Waals surface area contributed by atoms with E-state index < -0.39 is 12.1 Å². The number of rotatable bonds is 5. The van der Waals surface area contributed by atoms with Gasteiger partial charge in [-0.2, -0.15) is 0 Å². The van der Waals surface area contributed by atoms with E-state index in [0.717, 1.165) is 4.90 Å². The minimum atomic E-state index is -0.572. The van der Waals surface area contributed by atoms with E-state index in [9.17, 15) is 14.4 Å². The van der Waals surface area contributed by atoms with Crippen LogP contribution in [0.4, 0.5) is 0 Å². The Balaban J connectivity index is 2.60. The Morgan fingerprint density at radius 3 is 2.39 bits per heavy atom. The first kappa shape index (κ1) is 14.6. The van der Waals surface area contributed by atoms with Gasteiger partial charge in [0.05, 0.1) is 18.5 Å². The highest BCUT2D eigenvalue weighted by Gasteiger charge is 2.37. The normalized spacial score (nSPS) is 21.3. The van der Waals surface area contributed by atoms with Crippen LogP contribution >= 0.6 is 0 Å². The molecule has 0 aromatic carbocycles. The summed E-state index contributed by atoms with van der Waals surface area (Å²) in [5.74, 6) is -0.519. The van der Waals surface area contributed by atoms with Crippen LogP contribution in [0.1, 0.15) is 27.2 Å². The molecular weight excluding hydrogens is 234 g/mol. The van der Waals surface area contributed by atoms with Gasteiger partial charge >= 0.3 is 0 Å². The molecule has 2 atom stereocenters. The molecule has 18 heavy (non-hydrogen) atoms. The molecule has 6 heteroatoms. The molecule has 0 spiro atoms. The molecule has 2 unspecified atom stereocenters. The predicted octanol–water partition coefficient (Wildman–Crippen LogP) is -0.410. The lowest BCUT2D eigenvalue weighted by Crippen LogP contribution is -2.50. The summed E-state index contributed by atoms with van der Waals surface area (Å²) in [6, 6.07) is -1.03. The standard InChI is InChI=1S/C12H21N3O3/c1-5-15(6-2)11(17)8(3)13-9-7-10(16)14(4)12(9)18/h8-9,13H,5-7H2,1-4H3. The molecule has 0 bridgehead atoms. The number of carbonyl (C=O) groups is 3. The van der Waals surface area contributed by atoms with E-state index in [0.29, 0.717) is 13.1 Å². The van der Waals surface area contributed by atoms with Gasteiger partial charge in [0.25, 0.3) is 0 Å². The van der Waals surface area contributed by atoms with Gasteiger partial charge in [-0.15, -0.1) is 0 Å². The molecule has 1 heterocycles. The number of likely N-dealkylation sites (N-methyl/N-ethyl adjacent to an activating group) is 2. The molecular formula is C12H21N3O3. The van der Waals surface area contributed by atoms with Crippen LogP contribution in [0.2, 0.25) is 0 Å². The molecule has 1 fully saturated rings. The summed E-state index contributed by atoms with van der Waals surface area (Å²) in [4.78, 5) is 37.9. The van der Waals surface area contributed by atoms with Crippen molar-refractivity contribution in [3.05, 3.63) is 0 Å². The highest BCUT2D eigenvalue weighted by Crippen LogP contribution is 2.11. The molecule has 6 nitrogen and oxygen atoms in total. The average molecular weight is 255 g/mol. The molecule has 1 aliphatic rings. The summed E-state index contributed by atoms with van der Waals surface area (Å²) in [6.07, 6.45) is 0.130. The van der Waals surface area contributed by atoms with Crippen molar-refractivity contribution in [2.75, 3.05) is 20.1 Å². The summed E-state index contributed by atoms with van der Waals surface area (Å²) in [6.45, 7) is 6.81. The molecule has 1 saturated heterocycles. The zero-order chi connectivity index (χ0) is 13.9. The number of amides is 3. The van der Waals surface area contributed by atoms with E-state index >= 15 is 0 Å². The zero-order valence-corrected chi connectivity index (χ0v) is 11.4. The van der Waals surface area contributed by atoms with Crippen LogP contribution in [-0.2, 0) is 14.4 Å². The first-order chi connectivity index (χ1) is 8.42. The largest absolute Gasteiger partial charge is 0.342 e. The number of likely N-dealkylation sites (tertiary alicyclic amines) is 1. The fourth-order valence-corrected chi connectivity index (χ4v) is 2.07. The van der Waals surface area contributed by atoms with E-state index in [4.69, 9.17) is 0 Å². The maximum atomic E-state index is 12.0. The van der Waals surface area contributed by atoms with Gasteiger partial charge in [-0.25, -0.2) is 0 Å². The Morgan fingerprint density at radius 1 is 1.44 bits per heavy atom. The van der Waals surface area contributed by atoms with Crippen molar-refractivity contribution in [2.45, 2.75) is 39.3 Å². The van der Waals surface area contributed by atoms with Crippen LogP contribution in [0.25, 0.3) is 0 Å². The molecule has 102 valence electrons. The maximum absolute atomic E-state index is 12.0. The molecule has 1 rings (SSSR count). The highest BCUT2D eigenvalue weighted by molar-refractivity contribution is 6.05. The lowest BCUT2D eigenvalue weighted by atomic mass is 10.2. The van der Waals surface area contributed by atoms with Gasteiger partial charge in [0.15, 0.2) is 0 Å². The third-order valence-electron chi connectivity index (χ3n) is 3.28. The van der Waals surface area contributed by atoms with Gasteiger partial charge in [-0.3, -0.25) is 24.6 Å². The van der Waals surface area contributed by atoms with E-state index in [1.165, 1.54) is 7.05 Å². The van der Waals surface area contributed by atoms with Gasteiger partial charge in [0.2, 0.25) is 17.7 Å². The Labute approximate surface area is 107 Å². The van der Waals surface area contributed by atoms with E-state index in [-0.39, 0.29) is 24.1 Å². The summed E-state index contributed by atoms with van der Waals surface area (Å²) >= 11 is 0. The fourth-order valence-electron chi connectivity index (χ4n) is 2.07. The van der Waals surface area contributed by atoms with Crippen molar-refractivity contribution < 1.29 is 14.4 Å². The third kappa shape index (κ3) is 2.87. The summed E-state index contributed by atoms with van der Waals surface area (Å²) in [5.41, 5.74) is 0. The van der Waals surface area contributed by atoms with Gasteiger partial charge in [-0.05, 0) is 20.8 Å². The van der Waals surface area contributed by atoms with Crippen LogP contribution < -0.4 is 5.32 Å². The van der Waals surface area contributed by atoms with E-state index in [2.05, 4.69) is 5.32 Å². The first-order valence-corrected chi connectivity index (χ1v) is 6.27. The van der Waals surface area contributed by atoms with Crippen LogP contribution in [0, 0.1) is 0 Å². The van der Waals surface area contributed by atoms with E-state index in [1.54, 1.807) is 11.8 Å². The minimum Gasteiger partial charge on any atom is -0.342 e. The molecule has 0 aromatic heterocycles. The molecule has 1 aliphatic heterocycles. The predicted molar refractivity (Wildman–Crippen MR) is 66.7 cm³/mol. The maximum Gasteiger partial charge on any atom is 0.246 e. The number of nitrogens with one attached hydrogen (secondary N) is 1. The second kappa shape index (κ2) is 5.95. The number of imide groups is 1. The fraction of sp³-hybridized carbons (Fsp3) is 0.750. The van der Waals surface area contributed by atoms with Crippen molar-refractivity contribution in [1.82, 2.24) is 15.1 Å². The minimum absolute atomic E-state index is 0.0465. The summed E-state index contributed by atoms with van der Waals surface area (Å²) in [5, 5.41) is 2.94. The Bertz CT molecular complexity index is 352. The van der Waals surface area contributed by atoms with Crippen molar-refractivity contribution in [3.63, 3.8) is 0 Å². The van der Waals surface area contributed by atoms with Crippen LogP contribution in [0.15, 0.2) is 0 Å². The topological polar surface area (TPSA) is 69.7 Å². The third-order valence-corrected chi connectivity index (χ3v) is 3.28. The van der Waals surface area contributed by atoms with Gasteiger partial charge in [-0.1, -0.05) is 0 Å². The molecule has 1 N–H and O–H groups in total. The van der Waals surface area contributed by atoms with Crippen LogP contribution in [0.3, 0.4) is 0 Å². The molecule has 0 aromatic rings. The van der Waals surface area contributed by atoms with Gasteiger partial charge in [0.1, 0.15) is 0 Å². The molecule has 0 radical (unpaired) electrons. The number of hydrogen-bond acceptors (Lipinski definition) is 4. The highest BCUT2D eigenvalue weighted by atomic mass is 16.2. The number of hydrogen-bond donors (Lipinski definition) is 1. The smallest absolute Gasteiger partial charge is 0.246 e. The average Bonchev–Trinajstić information content (AvgIpc) is 2.58. The molecule has 3 amide bonds. The monoisotopic (exact) mass is 255 g/mol. The second-order valence-corrected chi connectivity index (χ2v) is 4.45. The van der Waals surface area contributed by atoms with E-state index in [1.807, 2.05) is 13.8 Å². The number of carbonyl (C=O) groups excluding carboxylic acids is 3. The van der Waals surface area contributed by atoms with Crippen molar-refractivity contribution in [3.8, 4) is 0 Å². The lowest BCUT2D eigenvalue weighted by Gasteiger charge is -2.24. The summed E-state index contributed by atoms with van der Waals surface area (Å²) < 4.78 is 0. The van der Waals surface area contributed by atoms with Crippen molar-refractivity contribution >= 4 is 17.7 Å². The van der Waals surface area contributed by atoms with Gasteiger partial charge < -0.3 is 4.90 Å². The quantitative estimate of drug-likeness (QED) is 0.678. The Morgan fingerprint density at radius 2 is 2.00 bits per heavy atom. The lowest BCUT2D eigenvalue weighted by molar-refractivity contribution is -0.137.